The molecule has 0 amide bonds. The Morgan fingerprint density at radius 2 is 2.46 bits per heavy atom. The van der Waals surface area contributed by atoms with Gasteiger partial charge in [0.1, 0.15) is 0 Å². The van der Waals surface area contributed by atoms with E-state index in [4.69, 9.17) is 0 Å². The number of hydrogen-bond acceptors (Lipinski definition) is 0. The van der Waals surface area contributed by atoms with Crippen LogP contribution in [0.4, 0.5) is 0 Å². The zero-order valence-electron chi connectivity index (χ0n) is 8.63. The number of fused-ring (bicyclic) bond motifs is 2. The molecule has 0 aliphatic heterocycles. The third kappa shape index (κ3) is 1.87. The van der Waals surface area contributed by atoms with Crippen LogP contribution < -0.4 is 0 Å². The first kappa shape index (κ1) is 9.05. The summed E-state index contributed by atoms with van der Waals surface area (Å²) in [4.78, 5) is 0. The molecule has 0 aromatic heterocycles. The monoisotopic (exact) mass is 176 g/mol. The average molecular weight is 176 g/mol. The third-order valence-corrected chi connectivity index (χ3v) is 3.50. The molecular formula is C13H20. The predicted octanol–water partition coefficient (Wildman–Crippen LogP) is 4.09. The van der Waals surface area contributed by atoms with E-state index in [1.165, 1.54) is 38.5 Å². The summed E-state index contributed by atoms with van der Waals surface area (Å²) in [7, 11) is 0. The lowest BCUT2D eigenvalue weighted by atomic mass is 9.87. The van der Waals surface area contributed by atoms with Gasteiger partial charge in [-0.25, -0.2) is 0 Å². The van der Waals surface area contributed by atoms with E-state index in [9.17, 15) is 0 Å². The summed E-state index contributed by atoms with van der Waals surface area (Å²) >= 11 is 0. The van der Waals surface area contributed by atoms with E-state index >= 15 is 0 Å². The highest BCUT2D eigenvalue weighted by molar-refractivity contribution is 5.22. The predicted molar refractivity (Wildman–Crippen MR) is 57.6 cm³/mol. The van der Waals surface area contributed by atoms with Gasteiger partial charge in [-0.2, -0.15) is 0 Å². The zero-order chi connectivity index (χ0) is 9.15. The highest BCUT2D eigenvalue weighted by Crippen LogP contribution is 2.50. The molecule has 2 bridgehead atoms. The molecule has 0 nitrogen and oxygen atoms in total. The largest absolute Gasteiger partial charge is 0.0877 e. The molecule has 2 aliphatic carbocycles. The van der Waals surface area contributed by atoms with Crippen LogP contribution in [0.5, 0.6) is 0 Å². The van der Waals surface area contributed by atoms with Gasteiger partial charge in [0.15, 0.2) is 0 Å². The van der Waals surface area contributed by atoms with Crippen LogP contribution in [0.25, 0.3) is 0 Å². The van der Waals surface area contributed by atoms with Gasteiger partial charge < -0.3 is 0 Å². The Balaban J connectivity index is 1.87. The number of hydrogen-bond donors (Lipinski definition) is 0. The van der Waals surface area contributed by atoms with E-state index in [1.54, 1.807) is 0 Å². The summed E-state index contributed by atoms with van der Waals surface area (Å²) in [5.74, 6) is 0.913. The average Bonchev–Trinajstić information content (AvgIpc) is 2.72. The van der Waals surface area contributed by atoms with Crippen LogP contribution in [0.1, 0.15) is 45.4 Å². The van der Waals surface area contributed by atoms with Crippen molar-refractivity contribution >= 4 is 0 Å². The molecule has 0 radical (unpaired) electrons. The van der Waals surface area contributed by atoms with Crippen molar-refractivity contribution in [2.75, 3.05) is 0 Å². The molecule has 1 saturated carbocycles. The number of unbranched alkanes of at least 4 members (excludes halogenated alkanes) is 2. The third-order valence-electron chi connectivity index (χ3n) is 3.50. The van der Waals surface area contributed by atoms with E-state index in [0.717, 1.165) is 5.92 Å². The van der Waals surface area contributed by atoms with Gasteiger partial charge in [-0.1, -0.05) is 44.1 Å². The van der Waals surface area contributed by atoms with Crippen molar-refractivity contribution in [3.8, 4) is 0 Å². The molecule has 72 valence electrons. The van der Waals surface area contributed by atoms with Crippen molar-refractivity contribution in [2.24, 2.45) is 11.3 Å². The fourth-order valence-corrected chi connectivity index (χ4v) is 2.64. The van der Waals surface area contributed by atoms with E-state index < -0.39 is 0 Å². The maximum atomic E-state index is 2.48. The fourth-order valence-electron chi connectivity index (χ4n) is 2.64. The van der Waals surface area contributed by atoms with Gasteiger partial charge in [0.25, 0.3) is 0 Å². The van der Waals surface area contributed by atoms with Gasteiger partial charge in [-0.15, -0.1) is 0 Å². The smallest absolute Gasteiger partial charge is 0.00668 e. The summed E-state index contributed by atoms with van der Waals surface area (Å²) in [6.45, 7) is 2.26. The first-order valence-corrected chi connectivity index (χ1v) is 5.72. The highest BCUT2D eigenvalue weighted by Gasteiger charge is 2.38. The molecule has 0 spiro atoms. The van der Waals surface area contributed by atoms with E-state index in [2.05, 4.69) is 31.2 Å². The molecule has 2 atom stereocenters. The lowest BCUT2D eigenvalue weighted by Crippen LogP contribution is -2.06. The quantitative estimate of drug-likeness (QED) is 0.447. The number of allylic oxidation sites excluding steroid dienone is 4. The molecule has 13 heavy (non-hydrogen) atoms. The molecule has 0 heterocycles. The molecule has 2 rings (SSSR count). The summed E-state index contributed by atoms with van der Waals surface area (Å²) in [6.07, 6.45) is 17.9. The Hall–Kier alpha value is -0.520. The van der Waals surface area contributed by atoms with Crippen LogP contribution in [-0.4, -0.2) is 0 Å². The van der Waals surface area contributed by atoms with Gasteiger partial charge in [0.05, 0.1) is 0 Å². The van der Waals surface area contributed by atoms with Crippen molar-refractivity contribution in [1.29, 1.82) is 0 Å². The first-order chi connectivity index (χ1) is 6.35. The molecule has 0 aromatic carbocycles. The van der Waals surface area contributed by atoms with Gasteiger partial charge in [-0.05, 0) is 31.6 Å². The lowest BCUT2D eigenvalue weighted by molar-refractivity contribution is 0.521. The van der Waals surface area contributed by atoms with Crippen molar-refractivity contribution < 1.29 is 0 Å². The molecule has 0 saturated heterocycles. The van der Waals surface area contributed by atoms with Crippen LogP contribution in [0, 0.1) is 11.3 Å². The minimum absolute atomic E-state index is 0.498. The first-order valence-electron chi connectivity index (χ1n) is 5.72. The Morgan fingerprint density at radius 3 is 3.00 bits per heavy atom. The summed E-state index contributed by atoms with van der Waals surface area (Å²) < 4.78 is 0. The Labute approximate surface area is 81.7 Å². The van der Waals surface area contributed by atoms with Gasteiger partial charge in [-0.3, -0.25) is 0 Å². The van der Waals surface area contributed by atoms with Crippen LogP contribution in [-0.2, 0) is 0 Å². The van der Waals surface area contributed by atoms with E-state index in [1.807, 2.05) is 0 Å². The second-order valence-electron chi connectivity index (χ2n) is 4.64. The van der Waals surface area contributed by atoms with Gasteiger partial charge in [0.2, 0.25) is 0 Å². The normalized spacial score (nSPS) is 36.5. The second kappa shape index (κ2) is 3.69. The lowest BCUT2D eigenvalue weighted by Gasteiger charge is -2.17. The number of rotatable bonds is 4. The van der Waals surface area contributed by atoms with Crippen molar-refractivity contribution in [3.05, 3.63) is 24.3 Å². The minimum Gasteiger partial charge on any atom is -0.0877 e. The van der Waals surface area contributed by atoms with Crippen molar-refractivity contribution in [2.45, 2.75) is 45.4 Å². The summed E-state index contributed by atoms with van der Waals surface area (Å²) in [6, 6.07) is 0. The Bertz CT molecular complexity index is 224. The Kier molecular flexibility index (Phi) is 2.57. The van der Waals surface area contributed by atoms with Crippen LogP contribution in [0.15, 0.2) is 24.3 Å². The van der Waals surface area contributed by atoms with Crippen molar-refractivity contribution in [1.82, 2.24) is 0 Å². The highest BCUT2D eigenvalue weighted by atomic mass is 14.4. The standard InChI is InChI=1S/C13H20/c1-2-3-4-5-8-13-9-6-12(11-13)7-10-13/h5-6,8-9,12H,2-4,7,10-11H2,1H3. The summed E-state index contributed by atoms with van der Waals surface area (Å²) in [5, 5.41) is 0. The topological polar surface area (TPSA) is 0 Å². The van der Waals surface area contributed by atoms with Crippen LogP contribution >= 0.6 is 0 Å². The van der Waals surface area contributed by atoms with E-state index in [-0.39, 0.29) is 0 Å². The summed E-state index contributed by atoms with van der Waals surface area (Å²) in [5.41, 5.74) is 0.498. The van der Waals surface area contributed by atoms with Gasteiger partial charge in [0, 0.05) is 5.41 Å². The fraction of sp³-hybridized carbons (Fsp3) is 0.692. The second-order valence-corrected chi connectivity index (χ2v) is 4.64. The maximum absolute atomic E-state index is 2.48. The van der Waals surface area contributed by atoms with Gasteiger partial charge >= 0.3 is 0 Å². The molecule has 0 N–H and O–H groups in total. The molecule has 2 unspecified atom stereocenters. The SMILES string of the molecule is CCCCC=CC12C=CC(CC1)C2. The van der Waals surface area contributed by atoms with Crippen LogP contribution in [0.3, 0.4) is 0 Å². The minimum atomic E-state index is 0.498. The molecule has 2 aliphatic rings. The van der Waals surface area contributed by atoms with E-state index in [0.29, 0.717) is 5.41 Å². The van der Waals surface area contributed by atoms with Crippen LogP contribution in [0.2, 0.25) is 0 Å². The Morgan fingerprint density at radius 1 is 1.54 bits per heavy atom. The molecule has 0 aromatic rings. The zero-order valence-corrected chi connectivity index (χ0v) is 8.63. The maximum Gasteiger partial charge on any atom is 0.00668 e. The molecular weight excluding hydrogens is 156 g/mol. The van der Waals surface area contributed by atoms with Crippen molar-refractivity contribution in [3.63, 3.8) is 0 Å². The molecule has 1 fully saturated rings. The molecule has 0 heteroatoms.